The Morgan fingerprint density at radius 2 is 2.12 bits per heavy atom. The van der Waals surface area contributed by atoms with Crippen molar-refractivity contribution in [2.75, 3.05) is 18.4 Å². The first-order valence-corrected chi connectivity index (χ1v) is 8.71. The van der Waals surface area contributed by atoms with Gasteiger partial charge in [-0.15, -0.1) is 0 Å². The SMILES string of the molecule is CCC1Oc2cc(C(C)NC(=O)C3CCNCC3)ccc2NC1=O. The van der Waals surface area contributed by atoms with E-state index in [0.29, 0.717) is 17.9 Å². The van der Waals surface area contributed by atoms with Crippen molar-refractivity contribution in [2.45, 2.75) is 45.3 Å². The number of anilines is 1. The minimum Gasteiger partial charge on any atom is -0.478 e. The van der Waals surface area contributed by atoms with E-state index in [1.54, 1.807) is 0 Å². The highest BCUT2D eigenvalue weighted by atomic mass is 16.5. The van der Waals surface area contributed by atoms with Gasteiger partial charge in [0.15, 0.2) is 6.10 Å². The molecule has 3 rings (SSSR count). The van der Waals surface area contributed by atoms with Crippen molar-refractivity contribution >= 4 is 17.5 Å². The van der Waals surface area contributed by atoms with Gasteiger partial charge in [-0.3, -0.25) is 9.59 Å². The monoisotopic (exact) mass is 331 g/mol. The van der Waals surface area contributed by atoms with Crippen molar-refractivity contribution < 1.29 is 14.3 Å². The third kappa shape index (κ3) is 3.53. The zero-order chi connectivity index (χ0) is 17.1. The quantitative estimate of drug-likeness (QED) is 0.788. The summed E-state index contributed by atoms with van der Waals surface area (Å²) >= 11 is 0. The Hall–Kier alpha value is -2.08. The number of ether oxygens (including phenoxy) is 1. The molecule has 0 aliphatic carbocycles. The first-order valence-electron chi connectivity index (χ1n) is 8.71. The van der Waals surface area contributed by atoms with Gasteiger partial charge in [0.25, 0.3) is 5.91 Å². The lowest BCUT2D eigenvalue weighted by molar-refractivity contribution is -0.126. The Morgan fingerprint density at radius 1 is 1.38 bits per heavy atom. The van der Waals surface area contributed by atoms with Crippen LogP contribution in [0.4, 0.5) is 5.69 Å². The van der Waals surface area contributed by atoms with Crippen LogP contribution in [0.25, 0.3) is 0 Å². The number of piperidine rings is 1. The maximum Gasteiger partial charge on any atom is 0.265 e. The second-order valence-corrected chi connectivity index (χ2v) is 6.51. The average Bonchev–Trinajstić information content (AvgIpc) is 2.61. The third-order valence-corrected chi connectivity index (χ3v) is 4.76. The highest BCUT2D eigenvalue weighted by molar-refractivity contribution is 5.97. The summed E-state index contributed by atoms with van der Waals surface area (Å²) in [6.45, 7) is 5.69. The van der Waals surface area contributed by atoms with E-state index < -0.39 is 6.10 Å². The summed E-state index contributed by atoms with van der Waals surface area (Å²) in [5.74, 6) is 0.764. The largest absolute Gasteiger partial charge is 0.478 e. The van der Waals surface area contributed by atoms with E-state index in [2.05, 4.69) is 16.0 Å². The lowest BCUT2D eigenvalue weighted by atomic mass is 9.96. The van der Waals surface area contributed by atoms with E-state index in [9.17, 15) is 9.59 Å². The van der Waals surface area contributed by atoms with Crippen LogP contribution >= 0.6 is 0 Å². The van der Waals surface area contributed by atoms with E-state index in [-0.39, 0.29) is 23.8 Å². The third-order valence-electron chi connectivity index (χ3n) is 4.76. The van der Waals surface area contributed by atoms with Gasteiger partial charge in [-0.25, -0.2) is 0 Å². The summed E-state index contributed by atoms with van der Waals surface area (Å²) in [4.78, 5) is 24.2. The summed E-state index contributed by atoms with van der Waals surface area (Å²) < 4.78 is 5.77. The first kappa shape index (κ1) is 16.8. The molecule has 0 spiro atoms. The minimum atomic E-state index is -0.451. The highest BCUT2D eigenvalue weighted by Crippen LogP contribution is 2.33. The zero-order valence-electron chi connectivity index (χ0n) is 14.2. The van der Waals surface area contributed by atoms with Gasteiger partial charge in [0.05, 0.1) is 11.7 Å². The summed E-state index contributed by atoms with van der Waals surface area (Å²) in [5.41, 5.74) is 1.66. The predicted octanol–water partition coefficient (Wildman–Crippen LogP) is 1.97. The molecule has 6 nitrogen and oxygen atoms in total. The lowest BCUT2D eigenvalue weighted by Gasteiger charge is -2.27. The molecule has 24 heavy (non-hydrogen) atoms. The Bertz CT molecular complexity index is 626. The lowest BCUT2D eigenvalue weighted by Crippen LogP contribution is -2.39. The number of nitrogens with one attached hydrogen (secondary N) is 3. The molecular weight excluding hydrogens is 306 g/mol. The number of hydrogen-bond donors (Lipinski definition) is 3. The van der Waals surface area contributed by atoms with Crippen LogP contribution in [0.3, 0.4) is 0 Å². The van der Waals surface area contributed by atoms with Crippen LogP contribution in [0.2, 0.25) is 0 Å². The van der Waals surface area contributed by atoms with Gasteiger partial charge in [0, 0.05) is 5.92 Å². The summed E-state index contributed by atoms with van der Waals surface area (Å²) in [5, 5.41) is 9.23. The second kappa shape index (κ2) is 7.21. The van der Waals surface area contributed by atoms with Crippen LogP contribution in [0.1, 0.15) is 44.7 Å². The standard InChI is InChI=1S/C18H25N3O3/c1-3-15-18(23)21-14-5-4-13(10-16(14)24-15)11(2)20-17(22)12-6-8-19-9-7-12/h4-5,10-12,15,19H,3,6-9H2,1-2H3,(H,20,22)(H,21,23). The molecule has 130 valence electrons. The summed E-state index contributed by atoms with van der Waals surface area (Å²) in [6, 6.07) is 5.56. The normalized spacial score (nSPS) is 22.1. The average molecular weight is 331 g/mol. The molecule has 2 aliphatic heterocycles. The van der Waals surface area contributed by atoms with Gasteiger partial charge in [-0.05, 0) is 57.0 Å². The fourth-order valence-corrected chi connectivity index (χ4v) is 3.20. The molecule has 1 fully saturated rings. The Kier molecular flexibility index (Phi) is 5.04. The summed E-state index contributed by atoms with van der Waals surface area (Å²) in [7, 11) is 0. The molecule has 0 aromatic heterocycles. The second-order valence-electron chi connectivity index (χ2n) is 6.51. The molecule has 2 aliphatic rings. The zero-order valence-corrected chi connectivity index (χ0v) is 14.2. The van der Waals surface area contributed by atoms with Gasteiger partial charge < -0.3 is 20.7 Å². The van der Waals surface area contributed by atoms with Crippen molar-refractivity contribution in [3.63, 3.8) is 0 Å². The molecule has 2 heterocycles. The molecule has 1 aromatic carbocycles. The molecule has 1 aromatic rings. The van der Waals surface area contributed by atoms with Crippen LogP contribution in [-0.4, -0.2) is 31.0 Å². The van der Waals surface area contributed by atoms with Crippen molar-refractivity contribution in [2.24, 2.45) is 5.92 Å². The van der Waals surface area contributed by atoms with E-state index in [1.165, 1.54) is 0 Å². The molecule has 1 saturated heterocycles. The van der Waals surface area contributed by atoms with Crippen LogP contribution in [0.5, 0.6) is 5.75 Å². The number of fused-ring (bicyclic) bond motifs is 1. The fraction of sp³-hybridized carbons (Fsp3) is 0.556. The molecule has 3 N–H and O–H groups in total. The number of rotatable bonds is 4. The molecule has 0 radical (unpaired) electrons. The van der Waals surface area contributed by atoms with E-state index in [0.717, 1.165) is 31.5 Å². The molecule has 6 heteroatoms. The Labute approximate surface area is 142 Å². The van der Waals surface area contributed by atoms with Crippen LogP contribution in [-0.2, 0) is 9.59 Å². The fourth-order valence-electron chi connectivity index (χ4n) is 3.20. The van der Waals surface area contributed by atoms with Crippen LogP contribution in [0.15, 0.2) is 18.2 Å². The Morgan fingerprint density at radius 3 is 2.83 bits per heavy atom. The topological polar surface area (TPSA) is 79.5 Å². The number of carbonyl (C=O) groups excluding carboxylic acids is 2. The van der Waals surface area contributed by atoms with Crippen molar-refractivity contribution in [1.82, 2.24) is 10.6 Å². The summed E-state index contributed by atoms with van der Waals surface area (Å²) in [6.07, 6.45) is 1.94. The number of amides is 2. The van der Waals surface area contributed by atoms with Gasteiger partial charge in [-0.2, -0.15) is 0 Å². The maximum atomic E-state index is 12.4. The smallest absolute Gasteiger partial charge is 0.265 e. The van der Waals surface area contributed by atoms with Gasteiger partial charge in [0.1, 0.15) is 5.75 Å². The van der Waals surface area contributed by atoms with Crippen LogP contribution < -0.4 is 20.7 Å². The molecular formula is C18H25N3O3. The minimum absolute atomic E-state index is 0.0892. The molecule has 2 amide bonds. The predicted molar refractivity (Wildman–Crippen MR) is 91.9 cm³/mol. The van der Waals surface area contributed by atoms with Gasteiger partial charge in [0.2, 0.25) is 5.91 Å². The number of carbonyl (C=O) groups is 2. The molecule has 2 unspecified atom stereocenters. The van der Waals surface area contributed by atoms with E-state index in [4.69, 9.17) is 4.74 Å². The van der Waals surface area contributed by atoms with Crippen molar-refractivity contribution in [3.8, 4) is 5.75 Å². The van der Waals surface area contributed by atoms with Crippen molar-refractivity contribution in [3.05, 3.63) is 23.8 Å². The molecule has 2 atom stereocenters. The number of hydrogen-bond acceptors (Lipinski definition) is 4. The number of benzene rings is 1. The van der Waals surface area contributed by atoms with E-state index in [1.807, 2.05) is 32.0 Å². The molecule has 0 bridgehead atoms. The Balaban J connectivity index is 1.68. The van der Waals surface area contributed by atoms with Crippen molar-refractivity contribution in [1.29, 1.82) is 0 Å². The van der Waals surface area contributed by atoms with Gasteiger partial charge >= 0.3 is 0 Å². The first-order chi connectivity index (χ1) is 11.6. The van der Waals surface area contributed by atoms with Crippen LogP contribution in [0, 0.1) is 5.92 Å². The van der Waals surface area contributed by atoms with Gasteiger partial charge in [-0.1, -0.05) is 13.0 Å². The molecule has 0 saturated carbocycles. The highest BCUT2D eigenvalue weighted by Gasteiger charge is 2.27. The maximum absolute atomic E-state index is 12.4. The van der Waals surface area contributed by atoms with E-state index >= 15 is 0 Å².